The van der Waals surface area contributed by atoms with E-state index in [1.165, 1.54) is 11.3 Å². The van der Waals surface area contributed by atoms with Crippen LogP contribution in [0.5, 0.6) is 5.88 Å². The van der Waals surface area contributed by atoms with E-state index in [9.17, 15) is 9.59 Å². The Morgan fingerprint density at radius 1 is 1.43 bits per heavy atom. The summed E-state index contributed by atoms with van der Waals surface area (Å²) in [7, 11) is 0. The Balaban J connectivity index is 2.38. The summed E-state index contributed by atoms with van der Waals surface area (Å²) in [6, 6.07) is 2.40. The number of carboxylic acid groups (broad SMARTS) is 2. The minimum atomic E-state index is -1.18. The maximum atomic E-state index is 11.1. The molecule has 0 radical (unpaired) electrons. The van der Waals surface area contributed by atoms with E-state index in [1.807, 2.05) is 5.38 Å². The van der Waals surface area contributed by atoms with E-state index in [4.69, 9.17) is 25.2 Å². The highest BCUT2D eigenvalue weighted by molar-refractivity contribution is 7.13. The van der Waals surface area contributed by atoms with Crippen molar-refractivity contribution in [3.05, 3.63) is 23.1 Å². The van der Waals surface area contributed by atoms with Crippen LogP contribution >= 0.6 is 11.3 Å². The van der Waals surface area contributed by atoms with Crippen molar-refractivity contribution in [2.45, 2.75) is 31.9 Å². The van der Waals surface area contributed by atoms with E-state index < -0.39 is 24.1 Å². The van der Waals surface area contributed by atoms with Crippen LogP contribution in [0.15, 0.2) is 22.0 Å². The predicted octanol–water partition coefficient (Wildman–Crippen LogP) is 1.60. The minimum absolute atomic E-state index is 0.0423. The third-order valence-corrected chi connectivity index (χ3v) is 4.01. The summed E-state index contributed by atoms with van der Waals surface area (Å²) in [6.07, 6.45) is -0.964. The second-order valence-corrected chi connectivity index (χ2v) is 5.72. The molecule has 9 heteroatoms. The normalized spacial score (nSPS) is 13.5. The zero-order valence-corrected chi connectivity index (χ0v) is 13.1. The van der Waals surface area contributed by atoms with Crippen molar-refractivity contribution in [1.29, 1.82) is 0 Å². The van der Waals surface area contributed by atoms with Gasteiger partial charge in [-0.25, -0.2) is 4.79 Å². The smallest absolute Gasteiger partial charge is 0.344 e. The summed E-state index contributed by atoms with van der Waals surface area (Å²) < 4.78 is 10.6. The first-order valence-corrected chi connectivity index (χ1v) is 7.72. The first-order chi connectivity index (χ1) is 10.9. The minimum Gasteiger partial charge on any atom is -0.480 e. The Hall–Kier alpha value is -2.39. The molecule has 2 rings (SSSR count). The number of nitrogens with two attached hydrogens (primary N) is 1. The van der Waals surface area contributed by atoms with Gasteiger partial charge in [-0.05, 0) is 23.0 Å². The number of carbonyl (C=O) groups is 2. The molecule has 4 N–H and O–H groups in total. The van der Waals surface area contributed by atoms with Gasteiger partial charge in [0.2, 0.25) is 0 Å². The molecule has 2 aromatic rings. The second-order valence-electron chi connectivity index (χ2n) is 4.77. The van der Waals surface area contributed by atoms with E-state index in [0.717, 1.165) is 4.88 Å². The summed E-state index contributed by atoms with van der Waals surface area (Å²) in [6.45, 7) is 1.65. The number of nitrogens with zero attached hydrogens (tertiary/aromatic N) is 1. The van der Waals surface area contributed by atoms with Gasteiger partial charge in [-0.1, -0.05) is 13.0 Å². The van der Waals surface area contributed by atoms with E-state index in [0.29, 0.717) is 11.3 Å². The number of aliphatic carboxylic acids is 2. The number of carboxylic acids is 2. The zero-order chi connectivity index (χ0) is 17.0. The van der Waals surface area contributed by atoms with Gasteiger partial charge in [0.05, 0.1) is 10.4 Å². The van der Waals surface area contributed by atoms with E-state index >= 15 is 0 Å². The highest BCUT2D eigenvalue weighted by Gasteiger charge is 2.27. The maximum Gasteiger partial charge on any atom is 0.344 e. The molecule has 0 saturated carbocycles. The molecule has 2 aromatic heterocycles. The Morgan fingerprint density at radius 3 is 2.70 bits per heavy atom. The summed E-state index contributed by atoms with van der Waals surface area (Å²) in [5, 5.41) is 23.7. The van der Waals surface area contributed by atoms with Gasteiger partial charge in [-0.3, -0.25) is 4.79 Å². The largest absolute Gasteiger partial charge is 0.480 e. The van der Waals surface area contributed by atoms with Crippen molar-refractivity contribution in [3.63, 3.8) is 0 Å². The van der Waals surface area contributed by atoms with E-state index in [2.05, 4.69) is 5.16 Å². The fourth-order valence-electron chi connectivity index (χ4n) is 1.92. The van der Waals surface area contributed by atoms with E-state index in [-0.39, 0.29) is 18.7 Å². The van der Waals surface area contributed by atoms with Gasteiger partial charge in [-0.15, -0.1) is 11.3 Å². The van der Waals surface area contributed by atoms with Crippen LogP contribution < -0.4 is 10.5 Å². The molecule has 1 unspecified atom stereocenters. The molecule has 2 heterocycles. The average molecular weight is 340 g/mol. The number of aromatic nitrogens is 1. The molecule has 0 aliphatic carbocycles. The fourth-order valence-corrected chi connectivity index (χ4v) is 2.65. The van der Waals surface area contributed by atoms with Gasteiger partial charge in [0.25, 0.3) is 5.88 Å². The predicted molar refractivity (Wildman–Crippen MR) is 81.5 cm³/mol. The molecule has 0 aliphatic heterocycles. The van der Waals surface area contributed by atoms with Gasteiger partial charge >= 0.3 is 11.9 Å². The Labute approximate surface area is 135 Å². The average Bonchev–Trinajstić information content (AvgIpc) is 3.13. The first kappa shape index (κ1) is 17.0. The van der Waals surface area contributed by atoms with Crippen molar-refractivity contribution in [2.24, 2.45) is 5.73 Å². The molecule has 0 aliphatic rings. The van der Waals surface area contributed by atoms with Crippen LogP contribution in [-0.4, -0.2) is 39.5 Å². The lowest BCUT2D eigenvalue weighted by Gasteiger charge is -2.12. The van der Waals surface area contributed by atoms with Gasteiger partial charge in [0.1, 0.15) is 6.04 Å². The van der Waals surface area contributed by atoms with Gasteiger partial charge < -0.3 is 25.2 Å². The Morgan fingerprint density at radius 2 is 2.17 bits per heavy atom. The molecule has 8 nitrogen and oxygen atoms in total. The van der Waals surface area contributed by atoms with Gasteiger partial charge in [-0.2, -0.15) is 0 Å². The van der Waals surface area contributed by atoms with Crippen molar-refractivity contribution in [1.82, 2.24) is 5.16 Å². The monoisotopic (exact) mass is 340 g/mol. The molecular weight excluding hydrogens is 324 g/mol. The topological polar surface area (TPSA) is 136 Å². The van der Waals surface area contributed by atoms with Crippen LogP contribution in [-0.2, 0) is 16.0 Å². The SMILES string of the molecule is CCC(Oc1noc(-c2cccs2)c1C[C@H](N)C(=O)O)C(=O)O. The molecule has 0 saturated heterocycles. The fraction of sp³-hybridized carbons (Fsp3) is 0.357. The summed E-state index contributed by atoms with van der Waals surface area (Å²) in [5.41, 5.74) is 5.93. The molecule has 23 heavy (non-hydrogen) atoms. The molecule has 0 spiro atoms. The number of thiophene rings is 1. The maximum absolute atomic E-state index is 11.1. The molecule has 0 amide bonds. The van der Waals surface area contributed by atoms with Crippen molar-refractivity contribution in [3.8, 4) is 16.5 Å². The third-order valence-electron chi connectivity index (χ3n) is 3.14. The highest BCUT2D eigenvalue weighted by atomic mass is 32.1. The second kappa shape index (κ2) is 7.25. The number of hydrogen-bond acceptors (Lipinski definition) is 7. The molecular formula is C14H16N2O6S. The lowest BCUT2D eigenvalue weighted by atomic mass is 10.1. The first-order valence-electron chi connectivity index (χ1n) is 6.84. The van der Waals surface area contributed by atoms with Crippen LogP contribution in [0.4, 0.5) is 0 Å². The lowest BCUT2D eigenvalue weighted by molar-refractivity contribution is -0.145. The van der Waals surface area contributed by atoms with E-state index in [1.54, 1.807) is 19.1 Å². The number of rotatable bonds is 8. The number of hydrogen-bond donors (Lipinski definition) is 3. The Kier molecular flexibility index (Phi) is 5.35. The van der Waals surface area contributed by atoms with Crippen molar-refractivity contribution in [2.75, 3.05) is 0 Å². The summed E-state index contributed by atoms with van der Waals surface area (Å²) >= 11 is 1.38. The van der Waals surface area contributed by atoms with Gasteiger partial charge in [0.15, 0.2) is 11.9 Å². The molecule has 0 fully saturated rings. The van der Waals surface area contributed by atoms with Crippen LogP contribution in [0.25, 0.3) is 10.6 Å². The summed E-state index contributed by atoms with van der Waals surface area (Å²) in [5.74, 6) is -2.02. The highest BCUT2D eigenvalue weighted by Crippen LogP contribution is 2.34. The molecule has 0 aromatic carbocycles. The van der Waals surface area contributed by atoms with Crippen LogP contribution in [0.2, 0.25) is 0 Å². The van der Waals surface area contributed by atoms with Crippen LogP contribution in [0, 0.1) is 0 Å². The summed E-state index contributed by atoms with van der Waals surface area (Å²) in [4.78, 5) is 22.9. The quantitative estimate of drug-likeness (QED) is 0.659. The van der Waals surface area contributed by atoms with Crippen LogP contribution in [0.3, 0.4) is 0 Å². The zero-order valence-electron chi connectivity index (χ0n) is 12.3. The van der Waals surface area contributed by atoms with Crippen molar-refractivity contribution < 1.29 is 29.1 Å². The molecule has 2 atom stereocenters. The Bertz CT molecular complexity index is 682. The van der Waals surface area contributed by atoms with Crippen LogP contribution in [0.1, 0.15) is 18.9 Å². The lowest BCUT2D eigenvalue weighted by Crippen LogP contribution is -2.33. The standard InChI is InChI=1S/C14H16N2O6S/c1-2-9(14(19)20)21-12-7(6-8(15)13(17)18)11(22-16-12)10-4-3-5-23-10/h3-5,8-9H,2,6,15H2,1H3,(H,17,18)(H,19,20)/t8-,9?/m0/s1. The van der Waals surface area contributed by atoms with Crippen molar-refractivity contribution >= 4 is 23.3 Å². The number of ether oxygens (including phenoxy) is 1. The third kappa shape index (κ3) is 3.88. The molecule has 0 bridgehead atoms. The molecule has 124 valence electrons. The van der Waals surface area contributed by atoms with Gasteiger partial charge in [0, 0.05) is 6.42 Å².